The quantitative estimate of drug-likeness (QED) is 0.168. The first kappa shape index (κ1) is 31.8. The van der Waals surface area contributed by atoms with E-state index in [9.17, 15) is 29.2 Å². The third-order valence-electron chi connectivity index (χ3n) is 8.38. The van der Waals surface area contributed by atoms with Crippen molar-refractivity contribution in [2.24, 2.45) is 5.92 Å². The van der Waals surface area contributed by atoms with Crippen LogP contribution < -0.4 is 15.3 Å². The maximum absolute atomic E-state index is 14.1. The number of rotatable bonds is 12. The van der Waals surface area contributed by atoms with Crippen LogP contribution in [0.1, 0.15) is 46.2 Å². The van der Waals surface area contributed by atoms with Crippen LogP contribution in [0.2, 0.25) is 0 Å². The van der Waals surface area contributed by atoms with Gasteiger partial charge in [-0.25, -0.2) is 9.08 Å². The molecule has 44 heavy (non-hydrogen) atoms. The Kier molecular flexibility index (Phi) is 8.21. The number of carbonyl (C=O) groups excluding carboxylic acids is 1. The van der Waals surface area contributed by atoms with E-state index in [-0.39, 0.29) is 35.3 Å². The number of ether oxygens (including phenoxy) is 2. The van der Waals surface area contributed by atoms with Gasteiger partial charge in [0.15, 0.2) is 11.4 Å². The zero-order valence-corrected chi connectivity index (χ0v) is 25.4. The summed E-state index contributed by atoms with van der Waals surface area (Å²) in [6.07, 6.45) is -2.47. The van der Waals surface area contributed by atoms with Gasteiger partial charge in [0.2, 0.25) is 5.60 Å². The number of aliphatic hydroxyl groups is 2. The fraction of sp³-hybridized carbons (Fsp3) is 0.500. The van der Waals surface area contributed by atoms with Crippen molar-refractivity contribution in [3.63, 3.8) is 0 Å². The van der Waals surface area contributed by atoms with Crippen LogP contribution in [0.3, 0.4) is 0 Å². The molecule has 3 heterocycles. The molecule has 5 N–H and O–H groups in total. The molecule has 1 aliphatic carbocycles. The van der Waals surface area contributed by atoms with Crippen LogP contribution in [0.15, 0.2) is 42.5 Å². The summed E-state index contributed by atoms with van der Waals surface area (Å²) in [7, 11) is -4.50. The van der Waals surface area contributed by atoms with Gasteiger partial charge in [-0.3, -0.25) is 9.32 Å². The van der Waals surface area contributed by atoms with Crippen molar-refractivity contribution >= 4 is 25.1 Å². The van der Waals surface area contributed by atoms with Crippen LogP contribution in [-0.4, -0.2) is 66.8 Å². The van der Waals surface area contributed by atoms with Crippen molar-refractivity contribution in [2.45, 2.75) is 75.6 Å². The number of esters is 1. The number of nitriles is 1. The number of benzene rings is 1. The number of hydrogen-bond acceptors (Lipinski definition) is 12. The molecule has 2 fully saturated rings. The van der Waals surface area contributed by atoms with Gasteiger partial charge in [0.25, 0.3) is 0 Å². The first-order chi connectivity index (χ1) is 20.8. The molecule has 16 heteroatoms. The second-order valence-electron chi connectivity index (χ2n) is 11.1. The lowest BCUT2D eigenvalue weighted by Gasteiger charge is -2.38. The maximum atomic E-state index is 14.1. The highest BCUT2D eigenvalue weighted by Crippen LogP contribution is 2.67. The molecule has 7 atom stereocenters. The van der Waals surface area contributed by atoms with E-state index in [0.717, 1.165) is 24.3 Å². The van der Waals surface area contributed by atoms with Crippen molar-refractivity contribution in [3.05, 3.63) is 54.2 Å². The number of para-hydroxylation sites is 1. The number of nitrogen functional groups attached to an aromatic ring is 1. The van der Waals surface area contributed by atoms with Crippen LogP contribution in [-0.2, 0) is 29.0 Å². The highest BCUT2D eigenvalue weighted by Gasteiger charge is 2.89. The van der Waals surface area contributed by atoms with Crippen molar-refractivity contribution in [1.82, 2.24) is 19.7 Å². The first-order valence-corrected chi connectivity index (χ1v) is 15.6. The topological polar surface area (TPSA) is 204 Å². The van der Waals surface area contributed by atoms with Gasteiger partial charge < -0.3 is 29.9 Å². The lowest BCUT2D eigenvalue weighted by atomic mass is 9.78. The SMILES string of the molecule is CCC(CC)COC(=O)C(C)NP(=O)(Oc1ccccc1)OC1C2OC(C#N)(c3ccc4c(N)nc(F)nn34)C(C)(O)C21O. The van der Waals surface area contributed by atoms with Crippen LogP contribution in [0.25, 0.3) is 5.52 Å². The van der Waals surface area contributed by atoms with Crippen LogP contribution in [0.4, 0.5) is 10.2 Å². The molecule has 2 aromatic heterocycles. The van der Waals surface area contributed by atoms with Gasteiger partial charge in [0, 0.05) is 0 Å². The van der Waals surface area contributed by atoms with E-state index >= 15 is 0 Å². The predicted octanol–water partition coefficient (Wildman–Crippen LogP) is 2.59. The molecule has 1 saturated carbocycles. The van der Waals surface area contributed by atoms with E-state index in [1.54, 1.807) is 18.2 Å². The minimum atomic E-state index is -4.50. The highest BCUT2D eigenvalue weighted by atomic mass is 31.2. The van der Waals surface area contributed by atoms with Gasteiger partial charge in [-0.1, -0.05) is 44.9 Å². The lowest BCUT2D eigenvalue weighted by Crippen LogP contribution is -2.57. The predicted molar refractivity (Wildman–Crippen MR) is 152 cm³/mol. The number of hydrogen-bond donors (Lipinski definition) is 4. The van der Waals surface area contributed by atoms with E-state index in [2.05, 4.69) is 15.2 Å². The van der Waals surface area contributed by atoms with Gasteiger partial charge in [-0.2, -0.15) is 19.7 Å². The van der Waals surface area contributed by atoms with Crippen molar-refractivity contribution < 1.29 is 42.5 Å². The minimum Gasteiger partial charge on any atom is -0.464 e. The Morgan fingerprint density at radius 1 is 1.27 bits per heavy atom. The molecule has 0 amide bonds. The lowest BCUT2D eigenvalue weighted by molar-refractivity contribution is -0.166. The molecule has 0 bridgehead atoms. The van der Waals surface area contributed by atoms with Crippen LogP contribution >= 0.6 is 7.75 Å². The Morgan fingerprint density at radius 2 is 1.95 bits per heavy atom. The summed E-state index contributed by atoms with van der Waals surface area (Å²) >= 11 is 0. The first-order valence-electron chi connectivity index (χ1n) is 14.1. The highest BCUT2D eigenvalue weighted by molar-refractivity contribution is 7.52. The summed E-state index contributed by atoms with van der Waals surface area (Å²) in [6, 6.07) is 11.4. The molecule has 2 aliphatic rings. The summed E-state index contributed by atoms with van der Waals surface area (Å²) in [5.41, 5.74) is -1.25. The van der Waals surface area contributed by atoms with Gasteiger partial charge in [0.1, 0.15) is 41.2 Å². The molecule has 1 aromatic carbocycles. The minimum absolute atomic E-state index is 0.122. The number of nitrogens with two attached hydrogens (primary N) is 1. The number of nitrogens with zero attached hydrogens (tertiary/aromatic N) is 4. The summed E-state index contributed by atoms with van der Waals surface area (Å²) in [4.78, 5) is 16.2. The fourth-order valence-electron chi connectivity index (χ4n) is 5.49. The average Bonchev–Trinajstić information content (AvgIpc) is 3.24. The molecule has 0 radical (unpaired) electrons. The molecule has 3 aromatic rings. The molecule has 5 rings (SSSR count). The molecule has 1 saturated heterocycles. The third kappa shape index (κ3) is 5.01. The molecular weight excluding hydrogens is 598 g/mol. The Balaban J connectivity index is 1.42. The molecule has 0 spiro atoms. The zero-order chi connectivity index (χ0) is 32.1. The second-order valence-corrected chi connectivity index (χ2v) is 12.7. The van der Waals surface area contributed by atoms with E-state index in [0.29, 0.717) is 0 Å². The smallest absolute Gasteiger partial charge is 0.459 e. The molecule has 14 nitrogen and oxygen atoms in total. The van der Waals surface area contributed by atoms with Crippen LogP contribution in [0.5, 0.6) is 5.75 Å². The molecule has 236 valence electrons. The number of carbonyl (C=O) groups is 1. The maximum Gasteiger partial charge on any atom is 0.459 e. The number of nitrogens with one attached hydrogen (secondary N) is 1. The van der Waals surface area contributed by atoms with Crippen molar-refractivity contribution in [3.8, 4) is 11.8 Å². The fourth-order valence-corrected chi connectivity index (χ4v) is 7.20. The van der Waals surface area contributed by atoms with Gasteiger partial charge in [0.05, 0.1) is 12.3 Å². The Morgan fingerprint density at radius 3 is 2.55 bits per heavy atom. The van der Waals surface area contributed by atoms with E-state index in [1.807, 2.05) is 19.9 Å². The van der Waals surface area contributed by atoms with Gasteiger partial charge >= 0.3 is 19.8 Å². The van der Waals surface area contributed by atoms with Crippen LogP contribution in [0, 0.1) is 23.3 Å². The number of halogens is 1. The normalized spacial score (nSPS) is 29.5. The van der Waals surface area contributed by atoms with Crippen molar-refractivity contribution in [2.75, 3.05) is 12.3 Å². The summed E-state index contributed by atoms with van der Waals surface area (Å²) in [5, 5.41) is 39.9. The average molecular weight is 633 g/mol. The summed E-state index contributed by atoms with van der Waals surface area (Å²) in [5.74, 6) is -0.645. The monoisotopic (exact) mass is 632 g/mol. The number of aromatic nitrogens is 3. The Labute approximate surface area is 252 Å². The molecule has 7 unspecified atom stereocenters. The third-order valence-corrected chi connectivity index (χ3v) is 10.0. The second kappa shape index (κ2) is 11.4. The van der Waals surface area contributed by atoms with Gasteiger partial charge in [-0.15, -0.1) is 5.10 Å². The van der Waals surface area contributed by atoms with E-state index in [1.165, 1.54) is 31.2 Å². The van der Waals surface area contributed by atoms with Gasteiger partial charge in [-0.05, 0) is 44.0 Å². The van der Waals surface area contributed by atoms with Crippen molar-refractivity contribution in [1.29, 1.82) is 5.26 Å². The molecular formula is C28H34FN6O8P. The zero-order valence-electron chi connectivity index (χ0n) is 24.5. The molecule has 1 aliphatic heterocycles. The van der Waals surface area contributed by atoms with E-state index in [4.69, 9.17) is 24.3 Å². The number of anilines is 1. The van der Waals surface area contributed by atoms with E-state index < -0.39 is 54.8 Å². The summed E-state index contributed by atoms with van der Waals surface area (Å²) < 4.78 is 52.0. The largest absolute Gasteiger partial charge is 0.464 e. The number of fused-ring (bicyclic) bond motifs is 2. The standard InChI is InChI=1S/C28H34FN6O8P/c1-5-17(6-2)14-40-24(36)16(3)34-44(39,42-18-10-8-7-9-11-18)43-22-21-28(22,38)26(4,37)27(15-30,41-21)20-13-12-19-23(31)32-25(29)33-35(19)20/h7-13,16-17,21-22,37-38H,5-6,14H2,1-4H3,(H,34,39)(H2,31,32,33). The Bertz CT molecular complexity index is 1650. The Hall–Kier alpha value is -3.64. The summed E-state index contributed by atoms with van der Waals surface area (Å²) in [6.45, 7) is 6.69.